The molecule has 3 aromatic rings. The molecule has 1 aliphatic heterocycles. The number of morpholine rings is 1. The Labute approximate surface area is 197 Å². The second kappa shape index (κ2) is 10.5. The molecule has 1 fully saturated rings. The monoisotopic (exact) mass is 511 g/mol. The molecule has 1 saturated heterocycles. The Balaban J connectivity index is 1.58. The van der Waals surface area contributed by atoms with Gasteiger partial charge in [-0.2, -0.15) is 14.0 Å². The number of rotatable bonds is 9. The number of ether oxygens (including phenoxy) is 1. The number of hydrogen-bond donors (Lipinski definition) is 0. The molecule has 0 N–H and O–H groups in total. The van der Waals surface area contributed by atoms with Crippen molar-refractivity contribution in [1.29, 1.82) is 5.26 Å². The third-order valence-electron chi connectivity index (χ3n) is 4.92. The van der Waals surface area contributed by atoms with Crippen LogP contribution in [0, 0.1) is 11.3 Å². The van der Waals surface area contributed by atoms with E-state index in [0.29, 0.717) is 42.7 Å². The number of pyridine rings is 1. The molecule has 0 radical (unpaired) electrons. The van der Waals surface area contributed by atoms with Crippen LogP contribution in [0.1, 0.15) is 22.9 Å². The van der Waals surface area contributed by atoms with Gasteiger partial charge < -0.3 is 9.15 Å². The third-order valence-corrected chi connectivity index (χ3v) is 7.60. The van der Waals surface area contributed by atoms with Gasteiger partial charge in [-0.15, -0.1) is 21.5 Å². The van der Waals surface area contributed by atoms with E-state index in [4.69, 9.17) is 9.15 Å². The maximum atomic E-state index is 13.3. The smallest absolute Gasteiger partial charge is 0.314 e. The molecule has 0 spiro atoms. The Morgan fingerprint density at radius 3 is 2.74 bits per heavy atom. The van der Waals surface area contributed by atoms with Crippen LogP contribution in [0.4, 0.5) is 14.5 Å². The van der Waals surface area contributed by atoms with Crippen molar-refractivity contribution < 1.29 is 26.4 Å². The van der Waals surface area contributed by atoms with Gasteiger partial charge in [-0.25, -0.2) is 13.4 Å². The number of alkyl halides is 2. The van der Waals surface area contributed by atoms with Crippen molar-refractivity contribution in [2.45, 2.75) is 13.0 Å². The summed E-state index contributed by atoms with van der Waals surface area (Å²) in [7, 11) is -3.84. The Hall–Kier alpha value is -3.06. The molecule has 0 bridgehead atoms. The average molecular weight is 512 g/mol. The lowest BCUT2D eigenvalue weighted by Gasteiger charge is -2.28. The molecule has 180 valence electrons. The summed E-state index contributed by atoms with van der Waals surface area (Å²) in [5.41, 5.74) is 0.423. The molecule has 4 heterocycles. The van der Waals surface area contributed by atoms with Gasteiger partial charge in [0.2, 0.25) is 10.0 Å². The molecule has 1 aliphatic rings. The first-order valence-electron chi connectivity index (χ1n) is 10.1. The molecule has 0 aliphatic carbocycles. The normalized spacial score (nSPS) is 14.9. The lowest BCUT2D eigenvalue weighted by Crippen LogP contribution is -2.42. The van der Waals surface area contributed by atoms with Crippen LogP contribution < -0.4 is 4.31 Å². The van der Waals surface area contributed by atoms with Crippen LogP contribution in [0.2, 0.25) is 0 Å². The number of nitrogens with zero attached hydrogens (tertiary/aromatic N) is 7. The predicted molar refractivity (Wildman–Crippen MR) is 117 cm³/mol. The molecular formula is C19H19F2N7O4S2. The molecule has 15 heteroatoms. The van der Waals surface area contributed by atoms with Crippen LogP contribution in [0.3, 0.4) is 0 Å². The first-order valence-corrected chi connectivity index (χ1v) is 12.5. The predicted octanol–water partition coefficient (Wildman–Crippen LogP) is 2.07. The molecule has 34 heavy (non-hydrogen) atoms. The second-order valence-electron chi connectivity index (χ2n) is 7.18. The van der Waals surface area contributed by atoms with Crippen molar-refractivity contribution in [3.8, 4) is 16.8 Å². The maximum absolute atomic E-state index is 13.3. The van der Waals surface area contributed by atoms with E-state index in [2.05, 4.69) is 20.2 Å². The fourth-order valence-corrected chi connectivity index (χ4v) is 5.54. The van der Waals surface area contributed by atoms with Crippen molar-refractivity contribution in [2.75, 3.05) is 42.9 Å². The average Bonchev–Trinajstić information content (AvgIpc) is 3.52. The first-order chi connectivity index (χ1) is 16.4. The van der Waals surface area contributed by atoms with E-state index in [1.54, 1.807) is 0 Å². The Morgan fingerprint density at radius 1 is 1.24 bits per heavy atom. The van der Waals surface area contributed by atoms with E-state index >= 15 is 0 Å². The molecule has 0 unspecified atom stereocenters. The van der Waals surface area contributed by atoms with E-state index in [0.717, 1.165) is 15.6 Å². The number of halogens is 2. The summed E-state index contributed by atoms with van der Waals surface area (Å²) < 4.78 is 63.5. The fourth-order valence-electron chi connectivity index (χ4n) is 3.18. The summed E-state index contributed by atoms with van der Waals surface area (Å²) in [6, 6.07) is 3.38. The lowest BCUT2D eigenvalue weighted by molar-refractivity contribution is 0.0408. The fraction of sp³-hybridized carbons (Fsp3) is 0.421. The highest BCUT2D eigenvalue weighted by Gasteiger charge is 2.27. The Morgan fingerprint density at radius 2 is 2.03 bits per heavy atom. The first kappa shape index (κ1) is 24.1. The largest absolute Gasteiger partial charge is 0.414 e. The lowest BCUT2D eigenvalue weighted by atomic mass is 10.3. The van der Waals surface area contributed by atoms with Crippen LogP contribution in [-0.2, 0) is 21.3 Å². The van der Waals surface area contributed by atoms with Crippen LogP contribution in [0.5, 0.6) is 0 Å². The highest BCUT2D eigenvalue weighted by Crippen LogP contribution is 2.30. The third kappa shape index (κ3) is 5.70. The molecule has 3 aromatic heterocycles. The van der Waals surface area contributed by atoms with E-state index < -0.39 is 22.3 Å². The van der Waals surface area contributed by atoms with Gasteiger partial charge in [0.25, 0.3) is 11.8 Å². The summed E-state index contributed by atoms with van der Waals surface area (Å²) in [5, 5.41) is 16.5. The molecule has 0 aromatic carbocycles. The topological polar surface area (TPSA) is 138 Å². The molecular weight excluding hydrogens is 492 g/mol. The zero-order chi connectivity index (χ0) is 24.1. The quantitative estimate of drug-likeness (QED) is 0.419. The van der Waals surface area contributed by atoms with Crippen molar-refractivity contribution >= 4 is 27.0 Å². The van der Waals surface area contributed by atoms with Gasteiger partial charge in [0.1, 0.15) is 16.0 Å². The van der Waals surface area contributed by atoms with Crippen LogP contribution in [0.15, 0.2) is 29.1 Å². The van der Waals surface area contributed by atoms with Crippen LogP contribution in [-0.4, -0.2) is 72.1 Å². The minimum Gasteiger partial charge on any atom is -0.414 e. The van der Waals surface area contributed by atoms with E-state index in [-0.39, 0.29) is 29.4 Å². The molecule has 0 amide bonds. The van der Waals surface area contributed by atoms with Crippen molar-refractivity contribution in [3.63, 3.8) is 0 Å². The summed E-state index contributed by atoms with van der Waals surface area (Å²) in [6.45, 7) is 2.53. The number of aromatic nitrogens is 4. The van der Waals surface area contributed by atoms with Gasteiger partial charge in [-0.05, 0) is 6.07 Å². The number of nitriles is 1. The minimum absolute atomic E-state index is 0.131. The van der Waals surface area contributed by atoms with Gasteiger partial charge in [0.15, 0.2) is 0 Å². The molecule has 0 atom stereocenters. The number of anilines is 1. The number of hydrogen-bond acceptors (Lipinski definition) is 11. The summed E-state index contributed by atoms with van der Waals surface area (Å²) in [5.74, 6) is -1.10. The molecule has 0 saturated carbocycles. The minimum atomic E-state index is -3.84. The summed E-state index contributed by atoms with van der Waals surface area (Å²) >= 11 is 1.04. The zero-order valence-electron chi connectivity index (χ0n) is 17.7. The van der Waals surface area contributed by atoms with E-state index in [9.17, 15) is 22.5 Å². The van der Waals surface area contributed by atoms with Crippen molar-refractivity contribution in [1.82, 2.24) is 25.1 Å². The van der Waals surface area contributed by atoms with Gasteiger partial charge in [0, 0.05) is 25.8 Å². The number of thiazole rings is 1. The molecule has 11 nitrogen and oxygen atoms in total. The maximum Gasteiger partial charge on any atom is 0.314 e. The van der Waals surface area contributed by atoms with Crippen LogP contribution >= 0.6 is 11.3 Å². The molecule has 4 rings (SSSR count). The summed E-state index contributed by atoms with van der Waals surface area (Å²) in [4.78, 5) is 10.5. The van der Waals surface area contributed by atoms with Gasteiger partial charge in [-0.3, -0.25) is 14.2 Å². The van der Waals surface area contributed by atoms with Crippen LogP contribution in [0.25, 0.3) is 10.8 Å². The van der Waals surface area contributed by atoms with E-state index in [1.165, 1.54) is 24.7 Å². The zero-order valence-corrected chi connectivity index (χ0v) is 19.3. The Kier molecular flexibility index (Phi) is 7.41. The Bertz CT molecular complexity index is 1270. The van der Waals surface area contributed by atoms with Gasteiger partial charge in [-0.1, -0.05) is 0 Å². The van der Waals surface area contributed by atoms with Gasteiger partial charge in [0.05, 0.1) is 49.2 Å². The number of sulfonamides is 1. The van der Waals surface area contributed by atoms with Crippen molar-refractivity contribution in [3.05, 3.63) is 41.1 Å². The van der Waals surface area contributed by atoms with E-state index in [1.807, 2.05) is 11.0 Å². The summed E-state index contributed by atoms with van der Waals surface area (Å²) in [6.07, 6.45) is 1.14. The highest BCUT2D eigenvalue weighted by atomic mass is 32.2. The SMILES string of the molecule is N#Cc1cncc(N(Cc2ncc(-c3nnc(C(F)F)o3)s2)S(=O)(=O)CCN2CCOCC2)c1. The highest BCUT2D eigenvalue weighted by molar-refractivity contribution is 7.92. The second-order valence-corrected chi connectivity index (χ2v) is 10.3. The van der Waals surface area contributed by atoms with Crippen molar-refractivity contribution in [2.24, 2.45) is 0 Å². The standard InChI is InChI=1S/C19H19F2N7O4S2/c20-17(21)19-26-25-18(32-19)15-11-24-16(33-15)12-28(14-7-13(8-22)9-23-10-14)34(29,30)6-3-27-1-4-31-5-2-27/h7,9-11,17H,1-6,12H2. The van der Waals surface area contributed by atoms with Gasteiger partial charge >= 0.3 is 6.43 Å².